The molecular formula is C19H23N3O3S. The van der Waals surface area contributed by atoms with Gasteiger partial charge in [0, 0.05) is 37.6 Å². The highest BCUT2D eigenvalue weighted by Gasteiger charge is 2.19. The van der Waals surface area contributed by atoms with Gasteiger partial charge in [-0.1, -0.05) is 12.8 Å². The monoisotopic (exact) mass is 373 g/mol. The maximum atomic E-state index is 12.6. The molecule has 1 saturated heterocycles. The fourth-order valence-electron chi connectivity index (χ4n) is 3.00. The summed E-state index contributed by atoms with van der Waals surface area (Å²) in [6.07, 6.45) is 7.60. The largest absolute Gasteiger partial charge is 0.339 e. The number of benzene rings is 1. The van der Waals surface area contributed by atoms with Crippen molar-refractivity contribution < 1.29 is 13.2 Å². The molecule has 0 unspecified atom stereocenters. The fraction of sp³-hybridized carbons (Fsp3) is 0.368. The number of aromatic nitrogens is 1. The van der Waals surface area contributed by atoms with E-state index < -0.39 is 10.0 Å². The van der Waals surface area contributed by atoms with Crippen molar-refractivity contribution in [1.29, 1.82) is 0 Å². The Morgan fingerprint density at radius 1 is 0.962 bits per heavy atom. The van der Waals surface area contributed by atoms with E-state index in [9.17, 15) is 13.2 Å². The summed E-state index contributed by atoms with van der Waals surface area (Å²) < 4.78 is 27.4. The molecule has 0 radical (unpaired) electrons. The lowest BCUT2D eigenvalue weighted by molar-refractivity contribution is 0.0761. The Kier molecular flexibility index (Phi) is 6.00. The Morgan fingerprint density at radius 3 is 2.19 bits per heavy atom. The molecule has 6 nitrogen and oxygen atoms in total. The van der Waals surface area contributed by atoms with E-state index in [1.54, 1.807) is 36.7 Å². The smallest absolute Gasteiger partial charge is 0.253 e. The Balaban J connectivity index is 1.67. The van der Waals surface area contributed by atoms with Crippen LogP contribution in [0.3, 0.4) is 0 Å². The number of amides is 1. The van der Waals surface area contributed by atoms with E-state index in [1.807, 2.05) is 4.90 Å². The molecule has 1 aliphatic rings. The summed E-state index contributed by atoms with van der Waals surface area (Å²) in [6, 6.07) is 9.67. The summed E-state index contributed by atoms with van der Waals surface area (Å²) >= 11 is 0. The third-order valence-electron chi connectivity index (χ3n) is 4.52. The van der Waals surface area contributed by atoms with Crippen molar-refractivity contribution in [1.82, 2.24) is 14.6 Å². The van der Waals surface area contributed by atoms with Crippen LogP contribution in [0.1, 0.15) is 41.6 Å². The lowest BCUT2D eigenvalue weighted by Crippen LogP contribution is -2.31. The quantitative estimate of drug-likeness (QED) is 0.874. The number of sulfonamides is 1. The van der Waals surface area contributed by atoms with Gasteiger partial charge in [0.2, 0.25) is 10.0 Å². The molecule has 7 heteroatoms. The highest BCUT2D eigenvalue weighted by Crippen LogP contribution is 2.16. The molecule has 2 heterocycles. The second-order valence-corrected chi connectivity index (χ2v) is 8.18. The van der Waals surface area contributed by atoms with E-state index in [-0.39, 0.29) is 17.3 Å². The average Bonchev–Trinajstić information content (AvgIpc) is 2.96. The van der Waals surface area contributed by atoms with Crippen LogP contribution in [-0.4, -0.2) is 37.3 Å². The normalized spacial score (nSPS) is 15.5. The van der Waals surface area contributed by atoms with E-state index in [0.29, 0.717) is 5.56 Å². The molecule has 1 fully saturated rings. The van der Waals surface area contributed by atoms with Crippen LogP contribution in [0.25, 0.3) is 0 Å². The van der Waals surface area contributed by atoms with Crippen molar-refractivity contribution in [2.24, 2.45) is 0 Å². The van der Waals surface area contributed by atoms with E-state index in [0.717, 1.165) is 44.3 Å². The third kappa shape index (κ3) is 4.68. The predicted molar refractivity (Wildman–Crippen MR) is 99.1 cm³/mol. The lowest BCUT2D eigenvalue weighted by Gasteiger charge is -2.20. The highest BCUT2D eigenvalue weighted by molar-refractivity contribution is 7.89. The van der Waals surface area contributed by atoms with Crippen molar-refractivity contribution in [3.63, 3.8) is 0 Å². The molecular weight excluding hydrogens is 350 g/mol. The van der Waals surface area contributed by atoms with Gasteiger partial charge < -0.3 is 4.90 Å². The zero-order valence-electron chi connectivity index (χ0n) is 14.6. The SMILES string of the molecule is O=C(c1ccc(S(=O)(=O)NCc2ccncc2)cc1)N1CCCCCC1. The number of carbonyl (C=O) groups excluding carboxylic acids is 1. The van der Waals surface area contributed by atoms with E-state index >= 15 is 0 Å². The Labute approximate surface area is 154 Å². The van der Waals surface area contributed by atoms with Crippen LogP contribution < -0.4 is 4.72 Å². The second-order valence-electron chi connectivity index (χ2n) is 6.41. The molecule has 0 bridgehead atoms. The van der Waals surface area contributed by atoms with Gasteiger partial charge in [-0.15, -0.1) is 0 Å². The zero-order valence-corrected chi connectivity index (χ0v) is 15.4. The van der Waals surface area contributed by atoms with Gasteiger partial charge in [0.05, 0.1) is 4.90 Å². The maximum absolute atomic E-state index is 12.6. The van der Waals surface area contributed by atoms with Gasteiger partial charge >= 0.3 is 0 Å². The third-order valence-corrected chi connectivity index (χ3v) is 5.94. The minimum Gasteiger partial charge on any atom is -0.339 e. The van der Waals surface area contributed by atoms with Gasteiger partial charge in [0.1, 0.15) is 0 Å². The molecule has 1 aliphatic heterocycles. The minimum absolute atomic E-state index is 0.0272. The van der Waals surface area contributed by atoms with Crippen molar-refractivity contribution in [2.45, 2.75) is 37.1 Å². The molecule has 0 spiro atoms. The molecule has 3 rings (SSSR count). The first-order valence-electron chi connectivity index (χ1n) is 8.84. The van der Waals surface area contributed by atoms with E-state index in [4.69, 9.17) is 0 Å². The fourth-order valence-corrected chi connectivity index (χ4v) is 4.01. The molecule has 1 aromatic heterocycles. The van der Waals surface area contributed by atoms with Gasteiger partial charge in [-0.05, 0) is 54.8 Å². The van der Waals surface area contributed by atoms with Gasteiger partial charge in [0.25, 0.3) is 5.91 Å². The van der Waals surface area contributed by atoms with Crippen molar-refractivity contribution in [3.8, 4) is 0 Å². The Bertz CT molecular complexity index is 828. The van der Waals surface area contributed by atoms with E-state index in [2.05, 4.69) is 9.71 Å². The number of nitrogens with zero attached hydrogens (tertiary/aromatic N) is 2. The van der Waals surface area contributed by atoms with Crippen LogP contribution >= 0.6 is 0 Å². The number of nitrogens with one attached hydrogen (secondary N) is 1. The predicted octanol–water partition coefficient (Wildman–Crippen LogP) is 2.58. The van der Waals surface area contributed by atoms with Gasteiger partial charge in [0.15, 0.2) is 0 Å². The molecule has 1 N–H and O–H groups in total. The molecule has 1 aromatic carbocycles. The topological polar surface area (TPSA) is 79.4 Å². The number of hydrogen-bond acceptors (Lipinski definition) is 4. The molecule has 0 atom stereocenters. The maximum Gasteiger partial charge on any atom is 0.253 e. The van der Waals surface area contributed by atoms with Crippen LogP contribution in [0.5, 0.6) is 0 Å². The van der Waals surface area contributed by atoms with Crippen molar-refractivity contribution >= 4 is 15.9 Å². The number of likely N-dealkylation sites (tertiary alicyclic amines) is 1. The molecule has 138 valence electrons. The number of pyridine rings is 1. The number of hydrogen-bond donors (Lipinski definition) is 1. The molecule has 2 aromatic rings. The zero-order chi connectivity index (χ0) is 18.4. The van der Waals surface area contributed by atoms with Crippen molar-refractivity contribution in [2.75, 3.05) is 13.1 Å². The molecule has 0 aliphatic carbocycles. The molecule has 0 saturated carbocycles. The Hall–Kier alpha value is -2.25. The lowest BCUT2D eigenvalue weighted by atomic mass is 10.2. The van der Waals surface area contributed by atoms with Crippen molar-refractivity contribution in [3.05, 3.63) is 59.9 Å². The molecule has 1 amide bonds. The van der Waals surface area contributed by atoms with Crippen LogP contribution in [0, 0.1) is 0 Å². The Morgan fingerprint density at radius 2 is 1.58 bits per heavy atom. The summed E-state index contributed by atoms with van der Waals surface area (Å²) in [7, 11) is -3.63. The summed E-state index contributed by atoms with van der Waals surface area (Å²) in [6.45, 7) is 1.73. The second kappa shape index (κ2) is 8.42. The summed E-state index contributed by atoms with van der Waals surface area (Å²) in [5, 5.41) is 0. The van der Waals surface area contributed by atoms with Crippen LogP contribution in [0.2, 0.25) is 0 Å². The first-order valence-corrected chi connectivity index (χ1v) is 10.3. The average molecular weight is 373 g/mol. The van der Waals surface area contributed by atoms with Crippen LogP contribution in [0.15, 0.2) is 53.7 Å². The van der Waals surface area contributed by atoms with Crippen LogP contribution in [0.4, 0.5) is 0 Å². The van der Waals surface area contributed by atoms with Gasteiger partial charge in [-0.2, -0.15) is 0 Å². The highest BCUT2D eigenvalue weighted by atomic mass is 32.2. The van der Waals surface area contributed by atoms with Gasteiger partial charge in [-0.25, -0.2) is 13.1 Å². The standard InChI is InChI=1S/C19H23N3O3S/c23-19(22-13-3-1-2-4-14-22)17-5-7-18(8-6-17)26(24,25)21-15-16-9-11-20-12-10-16/h5-12,21H,1-4,13-15H2. The number of rotatable bonds is 5. The van der Waals surface area contributed by atoms with E-state index in [1.165, 1.54) is 12.1 Å². The first-order chi connectivity index (χ1) is 12.6. The summed E-state index contributed by atoms with van der Waals surface area (Å²) in [4.78, 5) is 18.5. The minimum atomic E-state index is -3.63. The number of carbonyl (C=O) groups is 1. The molecule has 26 heavy (non-hydrogen) atoms. The van der Waals surface area contributed by atoms with Gasteiger partial charge in [-0.3, -0.25) is 9.78 Å². The summed E-state index contributed by atoms with van der Waals surface area (Å²) in [5.41, 5.74) is 1.36. The van der Waals surface area contributed by atoms with Crippen LogP contribution in [-0.2, 0) is 16.6 Å². The first kappa shape index (κ1) is 18.5. The summed E-state index contributed by atoms with van der Waals surface area (Å²) in [5.74, 6) is -0.0272.